The van der Waals surface area contributed by atoms with Crippen LogP contribution in [0.4, 0.5) is 0 Å². The van der Waals surface area contributed by atoms with Gasteiger partial charge in [-0.05, 0) is 135 Å². The molecule has 0 aliphatic rings. The Morgan fingerprint density at radius 1 is 0.352 bits per heavy atom. The zero-order valence-corrected chi connectivity index (χ0v) is 57.3. The molecule has 0 rings (SSSR count). The van der Waals surface area contributed by atoms with Crippen molar-refractivity contribution in [3.63, 3.8) is 0 Å². The summed E-state index contributed by atoms with van der Waals surface area (Å²) in [5, 5.41) is 0. The first-order valence-corrected chi connectivity index (χ1v) is 36.0. The maximum Gasteiger partial charge on any atom is 0.472 e. The van der Waals surface area contributed by atoms with Crippen LogP contribution in [-0.4, -0.2) is 74.9 Å². The zero-order valence-electron chi connectivity index (χ0n) is 56.4. The number of hydrogen-bond acceptors (Lipinski definition) is 7. The van der Waals surface area contributed by atoms with Crippen molar-refractivity contribution in [2.45, 2.75) is 251 Å². The summed E-state index contributed by atoms with van der Waals surface area (Å²) in [4.78, 5) is 35.9. The molecule has 2 atom stereocenters. The number of phosphoric ester groups is 1. The van der Waals surface area contributed by atoms with Gasteiger partial charge in [-0.2, -0.15) is 0 Å². The zero-order chi connectivity index (χ0) is 64.1. The third-order valence-electron chi connectivity index (χ3n) is 13.9. The maximum atomic E-state index is 12.9. The molecule has 1 N–H and O–H groups in total. The number of carbonyl (C=O) groups is 2. The molecule has 88 heavy (non-hydrogen) atoms. The van der Waals surface area contributed by atoms with E-state index < -0.39 is 26.5 Å². The molecule has 2 unspecified atom stereocenters. The fraction of sp³-hybridized carbons (Fsp3) is 0.590. The number of unbranched alkanes of at least 4 members (excludes halogenated alkanes) is 17. The highest BCUT2D eigenvalue weighted by atomic mass is 31.2. The normalized spacial score (nSPS) is 14.3. The lowest BCUT2D eigenvalue weighted by Crippen LogP contribution is -2.37. The van der Waals surface area contributed by atoms with Crippen molar-refractivity contribution in [3.8, 4) is 0 Å². The van der Waals surface area contributed by atoms with E-state index in [1.54, 1.807) is 0 Å². The third-order valence-corrected chi connectivity index (χ3v) is 14.9. The van der Waals surface area contributed by atoms with E-state index in [0.29, 0.717) is 17.4 Å². The number of esters is 2. The Balaban J connectivity index is 4.18. The van der Waals surface area contributed by atoms with Gasteiger partial charge in [0, 0.05) is 12.8 Å². The molecule has 0 bridgehead atoms. The van der Waals surface area contributed by atoms with E-state index in [2.05, 4.69) is 196 Å². The van der Waals surface area contributed by atoms with Crippen LogP contribution in [0.25, 0.3) is 0 Å². The lowest BCUT2D eigenvalue weighted by Gasteiger charge is -2.24. The van der Waals surface area contributed by atoms with Crippen molar-refractivity contribution in [1.29, 1.82) is 0 Å². The van der Waals surface area contributed by atoms with E-state index in [1.165, 1.54) is 44.9 Å². The lowest BCUT2D eigenvalue weighted by atomic mass is 10.0. The van der Waals surface area contributed by atoms with Gasteiger partial charge in [-0.15, -0.1) is 0 Å². The van der Waals surface area contributed by atoms with Gasteiger partial charge in [-0.1, -0.05) is 280 Å². The average Bonchev–Trinajstić information content (AvgIpc) is 3.68. The summed E-state index contributed by atoms with van der Waals surface area (Å²) in [6.07, 6.45) is 103. The first kappa shape index (κ1) is 83.1. The van der Waals surface area contributed by atoms with Gasteiger partial charge < -0.3 is 18.9 Å². The van der Waals surface area contributed by atoms with Crippen LogP contribution in [-0.2, 0) is 32.7 Å². The second-order valence-electron chi connectivity index (χ2n) is 23.4. The van der Waals surface area contributed by atoms with E-state index in [-0.39, 0.29) is 32.0 Å². The maximum absolute atomic E-state index is 12.9. The molecule has 9 nitrogen and oxygen atoms in total. The minimum absolute atomic E-state index is 0.0180. The van der Waals surface area contributed by atoms with Crippen molar-refractivity contribution in [2.75, 3.05) is 47.5 Å². The Bertz CT molecular complexity index is 2140. The van der Waals surface area contributed by atoms with Crippen LogP contribution in [0.5, 0.6) is 0 Å². The highest BCUT2D eigenvalue weighted by Gasteiger charge is 2.27. The molecular formula is C78H127NO8P+. The molecule has 0 aromatic rings. The number of phosphoric acid groups is 1. The molecule has 0 radical (unpaired) electrons. The van der Waals surface area contributed by atoms with E-state index in [4.69, 9.17) is 18.5 Å². The van der Waals surface area contributed by atoms with Crippen LogP contribution in [0.1, 0.15) is 245 Å². The second kappa shape index (κ2) is 66.5. The number of carbonyl (C=O) groups excluding carboxylic acids is 2. The first-order chi connectivity index (χ1) is 43.0. The second-order valence-corrected chi connectivity index (χ2v) is 24.9. The molecule has 0 saturated heterocycles. The molecule has 10 heteroatoms. The van der Waals surface area contributed by atoms with E-state index in [1.807, 2.05) is 21.1 Å². The minimum atomic E-state index is -4.41. The smallest absolute Gasteiger partial charge is 0.462 e. The van der Waals surface area contributed by atoms with Crippen molar-refractivity contribution in [1.82, 2.24) is 0 Å². The van der Waals surface area contributed by atoms with Crippen molar-refractivity contribution in [2.24, 2.45) is 0 Å². The van der Waals surface area contributed by atoms with Gasteiger partial charge in [-0.25, -0.2) is 4.57 Å². The molecule has 0 saturated carbocycles. The van der Waals surface area contributed by atoms with Gasteiger partial charge in [0.05, 0.1) is 27.7 Å². The number of ether oxygens (including phenoxy) is 2. The standard InChI is InChI=1S/C78H126NO8P/c1-6-8-10-12-14-16-18-20-22-24-26-28-30-32-34-36-38-39-41-42-44-46-48-50-52-54-56-58-60-62-64-66-68-70-77(80)84-74-76(75-86-88(82,83)85-73-72-79(3,4)5)87-78(81)71-69-67-65-63-61-59-57-55-53-51-49-47-45-43-40-37-35-33-31-29-27-25-23-21-19-17-15-13-11-9-7-2/h8-11,14-17,20-23,26-29,32-35,38-40,42-44,47,49,53,55,76H,6-7,12-13,18-19,24-25,30-31,36-37,41,45-46,48,50-52,54,56-75H2,1-5H3/p+1/b10-8-,11-9-,16-14-,17-15-,22-20-,23-21-,28-26-,29-27-,34-32-,35-33-,39-38-,43-40-,44-42-,49-47-,55-53-. The third kappa shape index (κ3) is 70.2. The van der Waals surface area contributed by atoms with Gasteiger partial charge in [0.15, 0.2) is 6.10 Å². The Kier molecular flexibility index (Phi) is 62.8. The molecule has 0 aromatic carbocycles. The SMILES string of the molecule is CC/C=C\C/C=C\C/C=C\C/C=C\C/C=C\C/C=C\C/C=C\C/C=C\CCCCCCCCC(=O)OC(COC(=O)CCCCCCCCCCCCC/C=C\C/C=C\C/C=C\C/C=C\C/C=C\C/C=C\C/C=C\CC)COP(=O)(O)OCC[N+](C)(C)C. The van der Waals surface area contributed by atoms with E-state index >= 15 is 0 Å². The predicted octanol–water partition coefficient (Wildman–Crippen LogP) is 22.7. The van der Waals surface area contributed by atoms with Crippen LogP contribution in [0.2, 0.25) is 0 Å². The van der Waals surface area contributed by atoms with Gasteiger partial charge in [0.2, 0.25) is 0 Å². The van der Waals surface area contributed by atoms with Gasteiger partial charge in [0.25, 0.3) is 0 Å². The number of rotatable bonds is 61. The summed E-state index contributed by atoms with van der Waals surface area (Å²) >= 11 is 0. The first-order valence-electron chi connectivity index (χ1n) is 34.5. The van der Waals surface area contributed by atoms with Gasteiger partial charge >= 0.3 is 19.8 Å². The summed E-state index contributed by atoms with van der Waals surface area (Å²) in [5.41, 5.74) is 0. The van der Waals surface area contributed by atoms with Gasteiger partial charge in [-0.3, -0.25) is 18.6 Å². The number of nitrogens with zero attached hydrogens (tertiary/aromatic N) is 1. The fourth-order valence-electron chi connectivity index (χ4n) is 8.72. The summed E-state index contributed by atoms with van der Waals surface area (Å²) in [6.45, 7) is 4.17. The molecule has 0 aromatic heterocycles. The van der Waals surface area contributed by atoms with Crippen molar-refractivity contribution in [3.05, 3.63) is 182 Å². The van der Waals surface area contributed by atoms with Crippen LogP contribution >= 0.6 is 7.82 Å². The average molecular weight is 1240 g/mol. The van der Waals surface area contributed by atoms with Crippen molar-refractivity contribution < 1.29 is 42.1 Å². The fourth-order valence-corrected chi connectivity index (χ4v) is 9.46. The van der Waals surface area contributed by atoms with E-state index in [9.17, 15) is 19.0 Å². The largest absolute Gasteiger partial charge is 0.472 e. The Hall–Kier alpha value is -4.89. The molecular weight excluding hydrogens is 1110 g/mol. The monoisotopic (exact) mass is 1240 g/mol. The molecule has 0 fully saturated rings. The Labute approximate surface area is 540 Å². The highest BCUT2D eigenvalue weighted by molar-refractivity contribution is 7.47. The summed E-state index contributed by atoms with van der Waals surface area (Å²) < 4.78 is 34.7. The van der Waals surface area contributed by atoms with Crippen molar-refractivity contribution >= 4 is 19.8 Å². The van der Waals surface area contributed by atoms with E-state index in [0.717, 1.165) is 167 Å². The molecule has 0 spiro atoms. The number of likely N-dealkylation sites (N-methyl/N-ethyl adjacent to an activating group) is 1. The number of hydrogen-bond donors (Lipinski definition) is 1. The van der Waals surface area contributed by atoms with Crippen LogP contribution in [0.3, 0.4) is 0 Å². The minimum Gasteiger partial charge on any atom is -0.462 e. The molecule has 0 heterocycles. The summed E-state index contributed by atoms with van der Waals surface area (Å²) in [6, 6.07) is 0. The molecule has 0 amide bonds. The quantitative estimate of drug-likeness (QED) is 0.0211. The molecule has 0 aliphatic heterocycles. The molecule has 496 valence electrons. The number of quaternary nitrogens is 1. The molecule has 0 aliphatic carbocycles. The lowest BCUT2D eigenvalue weighted by molar-refractivity contribution is -0.870. The Morgan fingerprint density at radius 2 is 0.614 bits per heavy atom. The van der Waals surface area contributed by atoms with Crippen LogP contribution in [0, 0.1) is 0 Å². The van der Waals surface area contributed by atoms with Crippen LogP contribution < -0.4 is 0 Å². The summed E-state index contributed by atoms with van der Waals surface area (Å²) in [7, 11) is 1.44. The van der Waals surface area contributed by atoms with Gasteiger partial charge in [0.1, 0.15) is 19.8 Å². The summed E-state index contributed by atoms with van der Waals surface area (Å²) in [5.74, 6) is -0.829. The Morgan fingerprint density at radius 3 is 0.909 bits per heavy atom. The van der Waals surface area contributed by atoms with Crippen LogP contribution in [0.15, 0.2) is 182 Å². The highest BCUT2D eigenvalue weighted by Crippen LogP contribution is 2.43. The topological polar surface area (TPSA) is 108 Å². The predicted molar refractivity (Wildman–Crippen MR) is 380 cm³/mol. The number of allylic oxidation sites excluding steroid dienone is 30.